The van der Waals surface area contributed by atoms with Crippen molar-refractivity contribution >= 4 is 5.91 Å². The maximum atomic E-state index is 13.0. The monoisotopic (exact) mass is 374 g/mol. The van der Waals surface area contributed by atoms with Gasteiger partial charge in [-0.2, -0.15) is 0 Å². The van der Waals surface area contributed by atoms with E-state index in [9.17, 15) is 4.79 Å². The number of hydrogen-bond donors (Lipinski definition) is 3. The maximum absolute atomic E-state index is 13.0. The van der Waals surface area contributed by atoms with Crippen LogP contribution in [0.5, 0.6) is 0 Å². The van der Waals surface area contributed by atoms with Crippen molar-refractivity contribution in [2.45, 2.75) is 31.5 Å². The summed E-state index contributed by atoms with van der Waals surface area (Å²) in [5.41, 5.74) is 10.5. The maximum Gasteiger partial charge on any atom is 0.241 e. The number of imidazole rings is 1. The Bertz CT molecular complexity index is 971. The van der Waals surface area contributed by atoms with Gasteiger partial charge in [0.1, 0.15) is 11.9 Å². The van der Waals surface area contributed by atoms with Crippen LogP contribution in [0.1, 0.15) is 29.5 Å². The van der Waals surface area contributed by atoms with Crippen LogP contribution in [0.4, 0.5) is 0 Å². The summed E-state index contributed by atoms with van der Waals surface area (Å²) in [5, 5.41) is 0. The number of rotatable bonds is 3. The molecule has 7 nitrogen and oxygen atoms in total. The molecule has 0 radical (unpaired) electrons. The van der Waals surface area contributed by atoms with E-state index in [0.29, 0.717) is 19.5 Å². The Balaban J connectivity index is 1.27. The second-order valence-electron chi connectivity index (χ2n) is 7.27. The third-order valence-corrected chi connectivity index (χ3v) is 5.44. The fourth-order valence-corrected chi connectivity index (χ4v) is 3.93. The largest absolute Gasteiger partial charge is 0.340 e. The first-order valence-corrected chi connectivity index (χ1v) is 9.62. The number of pyridine rings is 1. The number of nitrogens with one attached hydrogen (secondary N) is 3. The Morgan fingerprint density at radius 2 is 1.93 bits per heavy atom. The van der Waals surface area contributed by atoms with E-state index in [4.69, 9.17) is 4.98 Å². The first kappa shape index (κ1) is 17.1. The molecule has 2 unspecified atom stereocenters. The first-order valence-electron chi connectivity index (χ1n) is 9.62. The zero-order valence-corrected chi connectivity index (χ0v) is 15.4. The highest BCUT2D eigenvalue weighted by Crippen LogP contribution is 2.25. The van der Waals surface area contributed by atoms with Crippen molar-refractivity contribution in [1.29, 1.82) is 0 Å². The third-order valence-electron chi connectivity index (χ3n) is 5.44. The molecule has 5 rings (SSSR count). The fraction of sp³-hybridized carbons (Fsp3) is 0.286. The summed E-state index contributed by atoms with van der Waals surface area (Å²) in [6.07, 6.45) is 3.24. The zero-order chi connectivity index (χ0) is 18.9. The number of aromatic amines is 1. The lowest BCUT2D eigenvalue weighted by molar-refractivity contribution is -0.134. The van der Waals surface area contributed by atoms with Crippen molar-refractivity contribution in [3.8, 4) is 11.4 Å². The molecule has 1 aromatic carbocycles. The molecular weight excluding hydrogens is 352 g/mol. The highest BCUT2D eigenvalue weighted by molar-refractivity contribution is 5.82. The summed E-state index contributed by atoms with van der Waals surface area (Å²) in [4.78, 5) is 27.5. The minimum atomic E-state index is -0.245. The lowest BCUT2D eigenvalue weighted by atomic mass is 10.0. The van der Waals surface area contributed by atoms with Crippen LogP contribution in [-0.2, 0) is 17.8 Å². The van der Waals surface area contributed by atoms with Gasteiger partial charge in [-0.05, 0) is 18.6 Å². The SMILES string of the molecule is O=C(C1CC(c2ccccn2)NN1)N1CCc2nc(-c3ccccc3)[nH]c2C1. The van der Waals surface area contributed by atoms with Gasteiger partial charge in [-0.25, -0.2) is 15.8 Å². The number of carbonyl (C=O) groups excluding carboxylic acids is 1. The van der Waals surface area contributed by atoms with Gasteiger partial charge in [-0.1, -0.05) is 36.4 Å². The quantitative estimate of drug-likeness (QED) is 0.653. The van der Waals surface area contributed by atoms with Gasteiger partial charge in [-0.15, -0.1) is 0 Å². The number of H-pyrrole nitrogens is 1. The predicted molar refractivity (Wildman–Crippen MR) is 105 cm³/mol. The number of hydrogen-bond acceptors (Lipinski definition) is 5. The van der Waals surface area contributed by atoms with Crippen LogP contribution in [0, 0.1) is 0 Å². The Hall–Kier alpha value is -3.03. The fourth-order valence-electron chi connectivity index (χ4n) is 3.93. The molecule has 2 aliphatic rings. The summed E-state index contributed by atoms with van der Waals surface area (Å²) in [6, 6.07) is 15.7. The molecule has 0 bridgehead atoms. The Labute approximate surface area is 163 Å². The number of benzene rings is 1. The summed E-state index contributed by atoms with van der Waals surface area (Å²) in [5.74, 6) is 0.989. The molecular formula is C21H22N6O. The molecule has 0 aliphatic carbocycles. The topological polar surface area (TPSA) is 85.9 Å². The van der Waals surface area contributed by atoms with Gasteiger partial charge in [0.2, 0.25) is 5.91 Å². The number of fused-ring (bicyclic) bond motifs is 1. The summed E-state index contributed by atoms with van der Waals surface area (Å²) in [7, 11) is 0. The van der Waals surface area contributed by atoms with Crippen LogP contribution in [0.25, 0.3) is 11.4 Å². The highest BCUT2D eigenvalue weighted by Gasteiger charge is 2.35. The van der Waals surface area contributed by atoms with Gasteiger partial charge in [0.25, 0.3) is 0 Å². The number of hydrazine groups is 1. The van der Waals surface area contributed by atoms with Crippen LogP contribution in [0.3, 0.4) is 0 Å². The van der Waals surface area contributed by atoms with Crippen molar-refractivity contribution in [2.75, 3.05) is 6.54 Å². The smallest absolute Gasteiger partial charge is 0.241 e. The van der Waals surface area contributed by atoms with E-state index in [0.717, 1.165) is 34.9 Å². The number of carbonyl (C=O) groups is 1. The number of aromatic nitrogens is 3. The average Bonchev–Trinajstić information content (AvgIpc) is 3.41. The summed E-state index contributed by atoms with van der Waals surface area (Å²) < 4.78 is 0. The van der Waals surface area contributed by atoms with Gasteiger partial charge < -0.3 is 9.88 Å². The van der Waals surface area contributed by atoms with Crippen LogP contribution in [0.15, 0.2) is 54.7 Å². The Kier molecular flexibility index (Phi) is 4.38. The summed E-state index contributed by atoms with van der Waals surface area (Å²) in [6.45, 7) is 1.26. The standard InChI is InChI=1S/C21H22N6O/c28-21(18-12-17(25-26-18)15-8-4-5-10-22-15)27-11-9-16-19(13-27)24-20(23-16)14-6-2-1-3-7-14/h1-8,10,17-18,25-26H,9,11-13H2,(H,23,24). The molecule has 4 heterocycles. The molecule has 0 saturated carbocycles. The van der Waals surface area contributed by atoms with Crippen LogP contribution < -0.4 is 10.9 Å². The predicted octanol–water partition coefficient (Wildman–Crippen LogP) is 1.96. The lowest BCUT2D eigenvalue weighted by Gasteiger charge is -2.28. The van der Waals surface area contributed by atoms with Crippen molar-refractivity contribution in [3.05, 3.63) is 71.8 Å². The van der Waals surface area contributed by atoms with E-state index in [1.54, 1.807) is 6.20 Å². The first-order chi connectivity index (χ1) is 13.8. The van der Waals surface area contributed by atoms with Gasteiger partial charge in [0, 0.05) is 24.7 Å². The van der Waals surface area contributed by atoms with Gasteiger partial charge in [0.15, 0.2) is 0 Å². The van der Waals surface area contributed by atoms with E-state index < -0.39 is 0 Å². The number of amides is 1. The molecule has 28 heavy (non-hydrogen) atoms. The molecule has 142 valence electrons. The van der Waals surface area contributed by atoms with Gasteiger partial charge in [0.05, 0.1) is 29.7 Å². The van der Waals surface area contributed by atoms with E-state index in [1.807, 2.05) is 53.4 Å². The van der Waals surface area contributed by atoms with Crippen LogP contribution in [-0.4, -0.2) is 38.3 Å². The minimum Gasteiger partial charge on any atom is -0.340 e. The molecule has 7 heteroatoms. The van der Waals surface area contributed by atoms with Gasteiger partial charge >= 0.3 is 0 Å². The van der Waals surface area contributed by atoms with Crippen molar-refractivity contribution in [1.82, 2.24) is 30.7 Å². The second-order valence-corrected chi connectivity index (χ2v) is 7.27. The Morgan fingerprint density at radius 1 is 1.07 bits per heavy atom. The van der Waals surface area contributed by atoms with Gasteiger partial charge in [-0.3, -0.25) is 9.78 Å². The highest BCUT2D eigenvalue weighted by atomic mass is 16.2. The molecule has 2 aliphatic heterocycles. The lowest BCUT2D eigenvalue weighted by Crippen LogP contribution is -2.47. The van der Waals surface area contributed by atoms with Crippen molar-refractivity contribution < 1.29 is 4.79 Å². The normalized spacial score (nSPS) is 21.5. The molecule has 2 aromatic heterocycles. The molecule has 1 amide bonds. The molecule has 2 atom stereocenters. The molecule has 1 saturated heterocycles. The second kappa shape index (κ2) is 7.18. The Morgan fingerprint density at radius 3 is 2.75 bits per heavy atom. The minimum absolute atomic E-state index is 0.0485. The van der Waals surface area contributed by atoms with Crippen molar-refractivity contribution in [2.24, 2.45) is 0 Å². The van der Waals surface area contributed by atoms with Crippen LogP contribution >= 0.6 is 0 Å². The molecule has 0 spiro atoms. The average molecular weight is 374 g/mol. The van der Waals surface area contributed by atoms with E-state index in [2.05, 4.69) is 20.8 Å². The molecule has 3 aromatic rings. The third kappa shape index (κ3) is 3.19. The summed E-state index contributed by atoms with van der Waals surface area (Å²) >= 11 is 0. The number of nitrogens with zero attached hydrogens (tertiary/aromatic N) is 3. The van der Waals surface area contributed by atoms with Crippen molar-refractivity contribution in [3.63, 3.8) is 0 Å². The molecule has 3 N–H and O–H groups in total. The zero-order valence-electron chi connectivity index (χ0n) is 15.4. The van der Waals surface area contributed by atoms with E-state index in [-0.39, 0.29) is 18.0 Å². The molecule has 1 fully saturated rings. The van der Waals surface area contributed by atoms with E-state index >= 15 is 0 Å². The van der Waals surface area contributed by atoms with Crippen LogP contribution in [0.2, 0.25) is 0 Å². The van der Waals surface area contributed by atoms with E-state index in [1.165, 1.54) is 0 Å².